The molecule has 0 aromatic rings. The summed E-state index contributed by atoms with van der Waals surface area (Å²) in [5, 5.41) is 3.46. The van der Waals surface area contributed by atoms with Gasteiger partial charge in [0.05, 0.1) is 0 Å². The summed E-state index contributed by atoms with van der Waals surface area (Å²) in [6.45, 7) is 5.78. The molecule has 0 bridgehead atoms. The minimum absolute atomic E-state index is 0.739. The second-order valence-electron chi connectivity index (χ2n) is 3.04. The van der Waals surface area contributed by atoms with Gasteiger partial charge in [-0.3, -0.25) is 0 Å². The highest BCUT2D eigenvalue weighted by Crippen LogP contribution is 2.21. The van der Waals surface area contributed by atoms with Crippen LogP contribution in [-0.2, 0) is 0 Å². The maximum Gasteiger partial charge on any atom is 0.0162 e. The Kier molecular flexibility index (Phi) is 2.76. The molecule has 0 saturated carbocycles. The van der Waals surface area contributed by atoms with Crippen molar-refractivity contribution in [2.24, 2.45) is 5.92 Å². The summed E-state index contributed by atoms with van der Waals surface area (Å²) in [5.41, 5.74) is 0. The van der Waals surface area contributed by atoms with Crippen molar-refractivity contribution in [3.05, 3.63) is 0 Å². The number of nitrogens with one attached hydrogen (secondary N) is 1. The number of rotatable bonds is 0. The summed E-state index contributed by atoms with van der Waals surface area (Å²) in [5.74, 6) is 0.863. The lowest BCUT2D eigenvalue weighted by atomic mass is 9.97. The molecule has 1 rings (SSSR count). The zero-order valence-corrected chi connectivity index (χ0v) is 8.18. The maximum absolute atomic E-state index is 3.46. The topological polar surface area (TPSA) is 12.0 Å². The second kappa shape index (κ2) is 3.19. The normalized spacial score (nSPS) is 45.0. The molecular weight excluding hydrogens is 225 g/mol. The van der Waals surface area contributed by atoms with E-state index >= 15 is 0 Å². The van der Waals surface area contributed by atoms with Gasteiger partial charge in [0.1, 0.15) is 0 Å². The first-order chi connectivity index (χ1) is 4.20. The SMILES string of the molecule is CC1CC(I)C(C)CN1. The summed E-state index contributed by atoms with van der Waals surface area (Å²) in [4.78, 5) is 0. The molecule has 3 unspecified atom stereocenters. The van der Waals surface area contributed by atoms with Gasteiger partial charge in [0.2, 0.25) is 0 Å². The van der Waals surface area contributed by atoms with E-state index in [1.165, 1.54) is 13.0 Å². The monoisotopic (exact) mass is 239 g/mol. The Hall–Kier alpha value is 0.690. The van der Waals surface area contributed by atoms with Gasteiger partial charge in [-0.25, -0.2) is 0 Å². The molecule has 2 heteroatoms. The van der Waals surface area contributed by atoms with E-state index in [0.29, 0.717) is 0 Å². The lowest BCUT2D eigenvalue weighted by Crippen LogP contribution is -2.41. The summed E-state index contributed by atoms with van der Waals surface area (Å²) in [6, 6.07) is 0.739. The first-order valence-electron chi connectivity index (χ1n) is 3.57. The molecule has 1 nitrogen and oxygen atoms in total. The number of hydrogen-bond acceptors (Lipinski definition) is 1. The van der Waals surface area contributed by atoms with Crippen molar-refractivity contribution in [3.63, 3.8) is 0 Å². The third-order valence-corrected chi connectivity index (χ3v) is 3.72. The van der Waals surface area contributed by atoms with Crippen LogP contribution in [0.15, 0.2) is 0 Å². The van der Waals surface area contributed by atoms with Crippen LogP contribution in [-0.4, -0.2) is 16.5 Å². The van der Waals surface area contributed by atoms with E-state index < -0.39 is 0 Å². The molecular formula is C7H14IN. The summed E-state index contributed by atoms with van der Waals surface area (Å²) in [6.07, 6.45) is 1.34. The van der Waals surface area contributed by atoms with Crippen molar-refractivity contribution in [2.75, 3.05) is 6.54 Å². The van der Waals surface area contributed by atoms with Crippen LogP contribution < -0.4 is 5.32 Å². The standard InChI is InChI=1S/C7H14IN/c1-5-4-9-6(2)3-7(5)8/h5-7,9H,3-4H2,1-2H3. The Bertz CT molecular complexity index is 94.9. The Morgan fingerprint density at radius 1 is 1.44 bits per heavy atom. The van der Waals surface area contributed by atoms with Gasteiger partial charge in [-0.1, -0.05) is 29.5 Å². The molecule has 3 atom stereocenters. The predicted octanol–water partition coefficient (Wildman–Crippen LogP) is 1.81. The number of alkyl halides is 1. The van der Waals surface area contributed by atoms with Crippen molar-refractivity contribution in [2.45, 2.75) is 30.2 Å². The van der Waals surface area contributed by atoms with Crippen LogP contribution >= 0.6 is 22.6 Å². The van der Waals surface area contributed by atoms with Crippen LogP contribution in [0.25, 0.3) is 0 Å². The van der Waals surface area contributed by atoms with Gasteiger partial charge in [0.15, 0.2) is 0 Å². The molecule has 0 aliphatic carbocycles. The maximum atomic E-state index is 3.46. The average Bonchev–Trinajstić information content (AvgIpc) is 1.80. The van der Waals surface area contributed by atoms with Gasteiger partial charge in [0, 0.05) is 9.97 Å². The van der Waals surface area contributed by atoms with E-state index in [0.717, 1.165) is 15.9 Å². The Morgan fingerprint density at radius 3 is 2.56 bits per heavy atom. The lowest BCUT2D eigenvalue weighted by molar-refractivity contribution is 0.363. The molecule has 9 heavy (non-hydrogen) atoms. The molecule has 0 spiro atoms. The minimum atomic E-state index is 0.739. The molecule has 1 heterocycles. The van der Waals surface area contributed by atoms with Gasteiger partial charge >= 0.3 is 0 Å². The van der Waals surface area contributed by atoms with Crippen molar-refractivity contribution in [1.29, 1.82) is 0 Å². The van der Waals surface area contributed by atoms with Crippen molar-refractivity contribution in [1.82, 2.24) is 5.32 Å². The van der Waals surface area contributed by atoms with Gasteiger partial charge in [-0.05, 0) is 25.8 Å². The number of hydrogen-bond donors (Lipinski definition) is 1. The number of halogens is 1. The first-order valence-corrected chi connectivity index (χ1v) is 4.82. The van der Waals surface area contributed by atoms with E-state index in [1.54, 1.807) is 0 Å². The summed E-state index contributed by atoms with van der Waals surface area (Å²) >= 11 is 2.56. The van der Waals surface area contributed by atoms with Gasteiger partial charge in [-0.15, -0.1) is 0 Å². The van der Waals surface area contributed by atoms with Gasteiger partial charge < -0.3 is 5.32 Å². The van der Waals surface area contributed by atoms with Gasteiger partial charge in [-0.2, -0.15) is 0 Å². The Balaban J connectivity index is 2.35. The zero-order valence-electron chi connectivity index (χ0n) is 6.02. The first kappa shape index (κ1) is 7.79. The fourth-order valence-electron chi connectivity index (χ4n) is 1.17. The van der Waals surface area contributed by atoms with E-state index in [4.69, 9.17) is 0 Å². The largest absolute Gasteiger partial charge is 0.314 e. The van der Waals surface area contributed by atoms with Crippen LogP contribution in [0.4, 0.5) is 0 Å². The van der Waals surface area contributed by atoms with E-state index in [2.05, 4.69) is 41.8 Å². The molecule has 1 N–H and O–H groups in total. The molecule has 0 aromatic carbocycles. The quantitative estimate of drug-likeness (QED) is 0.502. The van der Waals surface area contributed by atoms with E-state index in [-0.39, 0.29) is 0 Å². The van der Waals surface area contributed by atoms with Crippen molar-refractivity contribution < 1.29 is 0 Å². The molecule has 1 aliphatic heterocycles. The Labute approximate surface area is 70.7 Å². The fraction of sp³-hybridized carbons (Fsp3) is 1.00. The molecule has 1 saturated heterocycles. The summed E-state index contributed by atoms with van der Waals surface area (Å²) < 4.78 is 0.888. The molecule has 54 valence electrons. The van der Waals surface area contributed by atoms with E-state index in [1.807, 2.05) is 0 Å². The number of piperidine rings is 1. The molecule has 0 aromatic heterocycles. The molecule has 0 radical (unpaired) electrons. The second-order valence-corrected chi connectivity index (χ2v) is 4.64. The van der Waals surface area contributed by atoms with Crippen molar-refractivity contribution in [3.8, 4) is 0 Å². The third-order valence-electron chi connectivity index (χ3n) is 1.98. The third kappa shape index (κ3) is 2.08. The lowest BCUT2D eigenvalue weighted by Gasteiger charge is -2.29. The smallest absolute Gasteiger partial charge is 0.0162 e. The van der Waals surface area contributed by atoms with Gasteiger partial charge in [0.25, 0.3) is 0 Å². The average molecular weight is 239 g/mol. The zero-order chi connectivity index (χ0) is 6.85. The van der Waals surface area contributed by atoms with Crippen LogP contribution in [0, 0.1) is 5.92 Å². The highest BCUT2D eigenvalue weighted by Gasteiger charge is 2.21. The Morgan fingerprint density at radius 2 is 2.11 bits per heavy atom. The van der Waals surface area contributed by atoms with Crippen LogP contribution in [0.2, 0.25) is 0 Å². The van der Waals surface area contributed by atoms with Crippen LogP contribution in [0.3, 0.4) is 0 Å². The van der Waals surface area contributed by atoms with Crippen LogP contribution in [0.1, 0.15) is 20.3 Å². The molecule has 0 amide bonds. The molecule has 1 fully saturated rings. The predicted molar refractivity (Wildman–Crippen MR) is 49.1 cm³/mol. The van der Waals surface area contributed by atoms with Crippen LogP contribution in [0.5, 0.6) is 0 Å². The molecule has 1 aliphatic rings. The minimum Gasteiger partial charge on any atom is -0.314 e. The highest BCUT2D eigenvalue weighted by atomic mass is 127. The van der Waals surface area contributed by atoms with Crippen molar-refractivity contribution >= 4 is 22.6 Å². The fourth-order valence-corrected chi connectivity index (χ4v) is 2.19. The summed E-state index contributed by atoms with van der Waals surface area (Å²) in [7, 11) is 0. The van der Waals surface area contributed by atoms with E-state index in [9.17, 15) is 0 Å². The highest BCUT2D eigenvalue weighted by molar-refractivity contribution is 14.1.